The molecule has 1 fully saturated rings. The number of rotatable bonds is 3. The van der Waals surface area contributed by atoms with E-state index in [4.69, 9.17) is 11.6 Å². The lowest BCUT2D eigenvalue weighted by molar-refractivity contribution is 0.192. The molecule has 1 aromatic rings. The van der Waals surface area contributed by atoms with Gasteiger partial charge in [-0.2, -0.15) is 0 Å². The second kappa shape index (κ2) is 5.59. The van der Waals surface area contributed by atoms with E-state index in [0.717, 1.165) is 25.3 Å². The number of halogens is 1. The van der Waals surface area contributed by atoms with Crippen molar-refractivity contribution in [3.63, 3.8) is 0 Å². The molecule has 1 aliphatic heterocycles. The molecule has 1 atom stereocenters. The lowest BCUT2D eigenvalue weighted by atomic mass is 10.1. The molecule has 1 heterocycles. The molecule has 2 amide bonds. The zero-order valence-electron chi connectivity index (χ0n) is 10.7. The summed E-state index contributed by atoms with van der Waals surface area (Å²) in [6, 6.07) is 7.44. The third-order valence-electron chi connectivity index (χ3n) is 3.16. The molecular formula is C13H18ClN3O. The van der Waals surface area contributed by atoms with Crippen molar-refractivity contribution in [2.24, 2.45) is 5.92 Å². The van der Waals surface area contributed by atoms with Crippen molar-refractivity contribution in [3.05, 3.63) is 29.3 Å². The van der Waals surface area contributed by atoms with Gasteiger partial charge in [-0.3, -0.25) is 4.90 Å². The van der Waals surface area contributed by atoms with Crippen molar-refractivity contribution < 1.29 is 4.79 Å². The molecular weight excluding hydrogens is 250 g/mol. The normalized spacial score (nSPS) is 20.4. The molecule has 4 nitrogen and oxygen atoms in total. The number of carbonyl (C=O) groups is 1. The number of carbonyl (C=O) groups excluding carboxylic acids is 1. The van der Waals surface area contributed by atoms with Crippen LogP contribution in [-0.2, 0) is 0 Å². The topological polar surface area (TPSA) is 35.6 Å². The SMILES string of the molecule is CNCC1CN(C)C(=O)N(c2ccc(Cl)cc2)C1. The highest BCUT2D eigenvalue weighted by molar-refractivity contribution is 6.30. The number of amides is 2. The minimum atomic E-state index is 0.0460. The first kappa shape index (κ1) is 13.2. The monoisotopic (exact) mass is 267 g/mol. The number of hydrogen-bond donors (Lipinski definition) is 1. The molecule has 1 saturated heterocycles. The summed E-state index contributed by atoms with van der Waals surface area (Å²) in [5.41, 5.74) is 0.900. The molecule has 98 valence electrons. The average molecular weight is 268 g/mol. The van der Waals surface area contributed by atoms with Crippen LogP contribution in [0.5, 0.6) is 0 Å². The van der Waals surface area contributed by atoms with Gasteiger partial charge >= 0.3 is 6.03 Å². The number of nitrogens with zero attached hydrogens (tertiary/aromatic N) is 2. The molecule has 18 heavy (non-hydrogen) atoms. The molecule has 0 spiro atoms. The van der Waals surface area contributed by atoms with Gasteiger partial charge in [-0.05, 0) is 31.3 Å². The fourth-order valence-electron chi connectivity index (χ4n) is 2.32. The largest absolute Gasteiger partial charge is 0.327 e. The van der Waals surface area contributed by atoms with E-state index < -0.39 is 0 Å². The van der Waals surface area contributed by atoms with Gasteiger partial charge in [0.15, 0.2) is 0 Å². The molecule has 0 aliphatic carbocycles. The molecule has 0 radical (unpaired) electrons. The molecule has 0 saturated carbocycles. The number of nitrogens with one attached hydrogen (secondary N) is 1. The van der Waals surface area contributed by atoms with Gasteiger partial charge in [0.05, 0.1) is 0 Å². The summed E-state index contributed by atoms with van der Waals surface area (Å²) in [5.74, 6) is 0.438. The van der Waals surface area contributed by atoms with Gasteiger partial charge < -0.3 is 10.2 Å². The molecule has 0 bridgehead atoms. The quantitative estimate of drug-likeness (QED) is 0.910. The van der Waals surface area contributed by atoms with Gasteiger partial charge in [0, 0.05) is 43.3 Å². The first-order valence-electron chi connectivity index (χ1n) is 6.04. The van der Waals surface area contributed by atoms with Gasteiger partial charge in [0.25, 0.3) is 0 Å². The maximum absolute atomic E-state index is 12.2. The first-order chi connectivity index (χ1) is 8.61. The van der Waals surface area contributed by atoms with Crippen molar-refractivity contribution in [2.45, 2.75) is 0 Å². The van der Waals surface area contributed by atoms with Crippen LogP contribution in [0.15, 0.2) is 24.3 Å². The summed E-state index contributed by atoms with van der Waals surface area (Å²) in [4.78, 5) is 15.7. The third kappa shape index (κ3) is 2.76. The predicted octanol–water partition coefficient (Wildman–Crippen LogP) is 2.05. The third-order valence-corrected chi connectivity index (χ3v) is 3.41. The Bertz CT molecular complexity index is 421. The zero-order chi connectivity index (χ0) is 13.1. The highest BCUT2D eigenvalue weighted by Gasteiger charge is 2.29. The van der Waals surface area contributed by atoms with Crippen molar-refractivity contribution in [3.8, 4) is 0 Å². The summed E-state index contributed by atoms with van der Waals surface area (Å²) in [5, 5.41) is 3.85. The van der Waals surface area contributed by atoms with Crippen LogP contribution in [0, 0.1) is 5.92 Å². The maximum Gasteiger partial charge on any atom is 0.324 e. The fourth-order valence-corrected chi connectivity index (χ4v) is 2.45. The lowest BCUT2D eigenvalue weighted by Crippen LogP contribution is -2.53. The van der Waals surface area contributed by atoms with E-state index in [1.807, 2.05) is 43.3 Å². The number of urea groups is 1. The van der Waals surface area contributed by atoms with Gasteiger partial charge in [0.2, 0.25) is 0 Å². The van der Waals surface area contributed by atoms with E-state index in [-0.39, 0.29) is 6.03 Å². The average Bonchev–Trinajstić information content (AvgIpc) is 2.35. The van der Waals surface area contributed by atoms with Crippen molar-refractivity contribution in [1.82, 2.24) is 10.2 Å². The van der Waals surface area contributed by atoms with E-state index >= 15 is 0 Å². The lowest BCUT2D eigenvalue weighted by Gasteiger charge is -2.38. The summed E-state index contributed by atoms with van der Waals surface area (Å²) in [6.07, 6.45) is 0. The Kier molecular flexibility index (Phi) is 4.09. The van der Waals surface area contributed by atoms with E-state index in [1.165, 1.54) is 0 Å². The smallest absolute Gasteiger partial charge is 0.324 e. The van der Waals surface area contributed by atoms with Gasteiger partial charge in [-0.15, -0.1) is 0 Å². The summed E-state index contributed by atoms with van der Waals surface area (Å²) in [6.45, 7) is 2.44. The summed E-state index contributed by atoms with van der Waals surface area (Å²) in [7, 11) is 3.77. The standard InChI is InChI=1S/C13H18ClN3O/c1-15-7-10-8-16(2)13(18)17(9-10)12-5-3-11(14)4-6-12/h3-6,10,15H,7-9H2,1-2H3. The van der Waals surface area contributed by atoms with E-state index in [0.29, 0.717) is 10.9 Å². The minimum Gasteiger partial charge on any atom is -0.327 e. The Labute approximate surface area is 113 Å². The van der Waals surface area contributed by atoms with Crippen LogP contribution in [-0.4, -0.2) is 44.7 Å². The van der Waals surface area contributed by atoms with Crippen LogP contribution < -0.4 is 10.2 Å². The number of benzene rings is 1. The molecule has 1 unspecified atom stereocenters. The Morgan fingerprint density at radius 3 is 2.61 bits per heavy atom. The van der Waals surface area contributed by atoms with Crippen molar-refractivity contribution in [1.29, 1.82) is 0 Å². The maximum atomic E-state index is 12.2. The zero-order valence-corrected chi connectivity index (χ0v) is 11.4. The molecule has 0 aromatic heterocycles. The Morgan fingerprint density at radius 2 is 2.00 bits per heavy atom. The molecule has 1 aromatic carbocycles. The van der Waals surface area contributed by atoms with Crippen LogP contribution in [0.4, 0.5) is 10.5 Å². The predicted molar refractivity (Wildman–Crippen MR) is 74.2 cm³/mol. The van der Waals surface area contributed by atoms with Crippen LogP contribution in [0.25, 0.3) is 0 Å². The fraction of sp³-hybridized carbons (Fsp3) is 0.462. The molecule has 1 aliphatic rings. The van der Waals surface area contributed by atoms with Crippen molar-refractivity contribution >= 4 is 23.3 Å². The van der Waals surface area contributed by atoms with Crippen LogP contribution >= 0.6 is 11.6 Å². The van der Waals surface area contributed by atoms with E-state index in [9.17, 15) is 4.79 Å². The van der Waals surface area contributed by atoms with Gasteiger partial charge in [-0.1, -0.05) is 11.6 Å². The van der Waals surface area contributed by atoms with Crippen LogP contribution in [0.3, 0.4) is 0 Å². The Morgan fingerprint density at radius 1 is 1.33 bits per heavy atom. The van der Waals surface area contributed by atoms with Gasteiger partial charge in [-0.25, -0.2) is 4.79 Å². The van der Waals surface area contributed by atoms with Crippen LogP contribution in [0.1, 0.15) is 0 Å². The molecule has 2 rings (SSSR count). The highest BCUT2D eigenvalue weighted by atomic mass is 35.5. The van der Waals surface area contributed by atoms with Gasteiger partial charge in [0.1, 0.15) is 0 Å². The number of hydrogen-bond acceptors (Lipinski definition) is 2. The van der Waals surface area contributed by atoms with E-state index in [1.54, 1.807) is 4.90 Å². The minimum absolute atomic E-state index is 0.0460. The first-order valence-corrected chi connectivity index (χ1v) is 6.42. The highest BCUT2D eigenvalue weighted by Crippen LogP contribution is 2.23. The van der Waals surface area contributed by atoms with Crippen LogP contribution in [0.2, 0.25) is 5.02 Å². The second-order valence-electron chi connectivity index (χ2n) is 4.67. The number of anilines is 1. The summed E-state index contributed by atoms with van der Waals surface area (Å²) >= 11 is 5.87. The Balaban J connectivity index is 2.18. The second-order valence-corrected chi connectivity index (χ2v) is 5.11. The summed E-state index contributed by atoms with van der Waals surface area (Å²) < 4.78 is 0. The van der Waals surface area contributed by atoms with E-state index in [2.05, 4.69) is 5.32 Å². The Hall–Kier alpha value is -1.26. The van der Waals surface area contributed by atoms with Crippen molar-refractivity contribution in [2.75, 3.05) is 38.6 Å². The molecule has 5 heteroatoms. The molecule has 1 N–H and O–H groups in total.